The second-order valence-corrected chi connectivity index (χ2v) is 12.8. The van der Waals surface area contributed by atoms with Gasteiger partial charge in [-0.25, -0.2) is 9.97 Å². The summed E-state index contributed by atoms with van der Waals surface area (Å²) in [6.07, 6.45) is 5.74. The van der Waals surface area contributed by atoms with Gasteiger partial charge < -0.3 is 25.2 Å². The van der Waals surface area contributed by atoms with Gasteiger partial charge in [-0.3, -0.25) is 19.7 Å². The minimum atomic E-state index is -0.238. The lowest BCUT2D eigenvalue weighted by molar-refractivity contribution is -0.130. The van der Waals surface area contributed by atoms with Crippen molar-refractivity contribution in [2.45, 2.75) is 35.9 Å². The predicted molar refractivity (Wildman–Crippen MR) is 171 cm³/mol. The van der Waals surface area contributed by atoms with E-state index in [0.29, 0.717) is 61.2 Å². The molecule has 4 N–H and O–H groups in total. The number of rotatable bonds is 12. The normalized spacial score (nSPS) is 14.0. The highest BCUT2D eigenvalue weighted by molar-refractivity contribution is 8.00. The van der Waals surface area contributed by atoms with Gasteiger partial charge in [-0.15, -0.1) is 11.8 Å². The Hall–Kier alpha value is -4.04. The summed E-state index contributed by atoms with van der Waals surface area (Å²) in [6.45, 7) is 4.30. The lowest BCUT2D eigenvalue weighted by Gasteiger charge is -2.34. The Labute approximate surface area is 264 Å². The average Bonchev–Trinajstić information content (AvgIpc) is 3.74. The molecule has 1 atom stereocenters. The van der Waals surface area contributed by atoms with E-state index in [1.54, 1.807) is 59.3 Å². The summed E-state index contributed by atoms with van der Waals surface area (Å²) < 4.78 is 0.951. The van der Waals surface area contributed by atoms with Crippen molar-refractivity contribution < 1.29 is 19.5 Å². The van der Waals surface area contributed by atoms with Crippen LogP contribution in [0, 0.1) is 0 Å². The summed E-state index contributed by atoms with van der Waals surface area (Å²) in [7, 11) is 0. The van der Waals surface area contributed by atoms with Crippen LogP contribution >= 0.6 is 23.1 Å². The lowest BCUT2D eigenvalue weighted by Crippen LogP contribution is -2.50. The van der Waals surface area contributed by atoms with Crippen molar-refractivity contribution in [3.63, 3.8) is 0 Å². The number of aliphatic hydroxyl groups is 1. The van der Waals surface area contributed by atoms with Crippen molar-refractivity contribution in [3.8, 4) is 0 Å². The molecule has 1 saturated heterocycles. The van der Waals surface area contributed by atoms with Gasteiger partial charge in [-0.2, -0.15) is 0 Å². The van der Waals surface area contributed by atoms with Gasteiger partial charge >= 0.3 is 0 Å². The molecule has 1 fully saturated rings. The third-order valence-corrected chi connectivity index (χ3v) is 9.50. The molecule has 0 saturated carbocycles. The number of aliphatic hydroxyl groups excluding tert-OH is 1. The zero-order chi connectivity index (χ0) is 30.9. The second kappa shape index (κ2) is 15.1. The summed E-state index contributed by atoms with van der Waals surface area (Å²) in [6, 6.07) is 14.8. The van der Waals surface area contributed by atoms with E-state index in [1.807, 2.05) is 36.4 Å². The van der Waals surface area contributed by atoms with E-state index in [1.165, 1.54) is 11.3 Å². The fourth-order valence-electron chi connectivity index (χ4n) is 4.81. The van der Waals surface area contributed by atoms with Gasteiger partial charge in [-0.1, -0.05) is 35.6 Å². The number of hydrogen-bond donors (Lipinski definition) is 4. The first-order chi connectivity index (χ1) is 21.4. The molecule has 11 nitrogen and oxygen atoms in total. The minimum absolute atomic E-state index is 0.00146. The molecule has 3 heterocycles. The van der Waals surface area contributed by atoms with Gasteiger partial charge in [0.15, 0.2) is 5.13 Å². The molecule has 2 aromatic heterocycles. The Morgan fingerprint density at radius 3 is 2.50 bits per heavy atom. The molecular formula is C31H35N7O4S2. The Kier molecular flexibility index (Phi) is 10.8. The summed E-state index contributed by atoms with van der Waals surface area (Å²) in [4.78, 5) is 52.4. The van der Waals surface area contributed by atoms with Crippen molar-refractivity contribution in [2.75, 3.05) is 38.1 Å². The smallest absolute Gasteiger partial charge is 0.257 e. The number of carbonyl (C=O) groups excluding carboxylic acids is 3. The molecule has 0 spiro atoms. The van der Waals surface area contributed by atoms with Crippen LogP contribution in [-0.2, 0) is 23.5 Å². The maximum atomic E-state index is 13.0. The molecule has 5 rings (SSSR count). The molecule has 230 valence electrons. The maximum absolute atomic E-state index is 13.0. The second-order valence-electron chi connectivity index (χ2n) is 10.5. The number of piperazine rings is 1. The molecule has 2 aromatic carbocycles. The van der Waals surface area contributed by atoms with Crippen molar-refractivity contribution in [1.82, 2.24) is 30.1 Å². The van der Waals surface area contributed by atoms with Gasteiger partial charge in [0.25, 0.3) is 11.8 Å². The van der Waals surface area contributed by atoms with E-state index < -0.39 is 0 Å². The van der Waals surface area contributed by atoms with Crippen LogP contribution in [0.1, 0.15) is 44.5 Å². The highest BCUT2D eigenvalue weighted by Crippen LogP contribution is 2.31. The Morgan fingerprint density at radius 1 is 1.02 bits per heavy atom. The molecule has 1 aliphatic heterocycles. The van der Waals surface area contributed by atoms with Crippen LogP contribution in [0.3, 0.4) is 0 Å². The maximum Gasteiger partial charge on any atom is 0.257 e. The molecule has 4 aromatic rings. The van der Waals surface area contributed by atoms with Crippen molar-refractivity contribution in [3.05, 3.63) is 95.2 Å². The topological polar surface area (TPSA) is 144 Å². The Bertz CT molecular complexity index is 1550. The largest absolute Gasteiger partial charge is 0.395 e. The lowest BCUT2D eigenvalue weighted by atomic mass is 10.1. The third kappa shape index (κ3) is 8.53. The molecule has 44 heavy (non-hydrogen) atoms. The van der Waals surface area contributed by atoms with E-state index in [0.717, 1.165) is 21.0 Å². The van der Waals surface area contributed by atoms with Crippen molar-refractivity contribution >= 4 is 46.0 Å². The van der Waals surface area contributed by atoms with Crippen LogP contribution in [0.5, 0.6) is 0 Å². The highest BCUT2D eigenvalue weighted by atomic mass is 32.2. The number of thiazole rings is 1. The Balaban J connectivity index is 1.08. The van der Waals surface area contributed by atoms with Gasteiger partial charge in [0, 0.05) is 80.9 Å². The third-order valence-electron chi connectivity index (χ3n) is 7.32. The predicted octanol–water partition coefficient (Wildman–Crippen LogP) is 3.41. The van der Waals surface area contributed by atoms with Crippen LogP contribution < -0.4 is 10.6 Å². The summed E-state index contributed by atoms with van der Waals surface area (Å²) >= 11 is 3.00. The van der Waals surface area contributed by atoms with Crippen LogP contribution in [0.25, 0.3) is 0 Å². The fraction of sp³-hybridized carbons (Fsp3) is 0.323. The quantitative estimate of drug-likeness (QED) is 0.174. The summed E-state index contributed by atoms with van der Waals surface area (Å²) in [5, 5.41) is 16.4. The van der Waals surface area contributed by atoms with Gasteiger partial charge in [0.1, 0.15) is 0 Å². The minimum Gasteiger partial charge on any atom is -0.395 e. The van der Waals surface area contributed by atoms with Crippen molar-refractivity contribution in [1.29, 1.82) is 0 Å². The number of hydrogen-bond acceptors (Lipinski definition) is 9. The zero-order valence-corrected chi connectivity index (χ0v) is 26.0. The number of anilines is 1. The van der Waals surface area contributed by atoms with Crippen molar-refractivity contribution in [2.24, 2.45) is 0 Å². The fourth-order valence-corrected chi connectivity index (χ4v) is 6.62. The molecule has 13 heteroatoms. The monoisotopic (exact) mass is 633 g/mol. The average molecular weight is 634 g/mol. The van der Waals surface area contributed by atoms with E-state index in [4.69, 9.17) is 0 Å². The number of nitrogens with zero attached hydrogens (tertiary/aromatic N) is 4. The van der Waals surface area contributed by atoms with Gasteiger partial charge in [0.05, 0.1) is 23.3 Å². The Morgan fingerprint density at radius 2 is 1.80 bits per heavy atom. The van der Waals surface area contributed by atoms with Crippen LogP contribution in [-0.4, -0.2) is 86.4 Å². The molecule has 1 aliphatic rings. The SMILES string of the molecule is CC(=O)N1CCN(C(=O)c2cccc(CSc3cnc(NC(=O)c4ccc(CNC(CO)Cc5cnc[nH]5)cc4)s3)c2)CC1. The van der Waals surface area contributed by atoms with Crippen LogP contribution in [0.2, 0.25) is 0 Å². The number of nitrogens with one attached hydrogen (secondary N) is 3. The highest BCUT2D eigenvalue weighted by Gasteiger charge is 2.23. The molecule has 0 aliphatic carbocycles. The summed E-state index contributed by atoms with van der Waals surface area (Å²) in [5.74, 6) is 0.435. The zero-order valence-electron chi connectivity index (χ0n) is 24.4. The van der Waals surface area contributed by atoms with Crippen LogP contribution in [0.4, 0.5) is 5.13 Å². The number of aromatic nitrogens is 3. The number of amides is 3. The number of H-pyrrole nitrogens is 1. The van der Waals surface area contributed by atoms with E-state index in [-0.39, 0.29) is 30.4 Å². The number of thioether (sulfide) groups is 1. The van der Waals surface area contributed by atoms with Gasteiger partial charge in [-0.05, 0) is 35.4 Å². The molecule has 0 radical (unpaired) electrons. The molecule has 3 amide bonds. The number of imidazole rings is 1. The standard InChI is InChI=1S/C31H35N7O4S2/c1-21(40)37-9-11-38(12-10-37)30(42)25-4-2-3-23(13-25)19-43-28-17-34-31(44-28)36-29(41)24-7-5-22(6-8-24)15-33-27(18-39)14-26-16-32-20-35-26/h2-8,13,16-17,20,27,33,39H,9-12,14-15,18-19H2,1H3,(H,32,35)(H,34,36,41). The first-order valence-corrected chi connectivity index (χ1v) is 16.1. The first kappa shape index (κ1) is 31.4. The van der Waals surface area contributed by atoms with Gasteiger partial charge in [0.2, 0.25) is 5.91 Å². The molecule has 0 bridgehead atoms. The van der Waals surface area contributed by atoms with E-state index in [2.05, 4.69) is 25.6 Å². The number of benzene rings is 2. The number of carbonyl (C=O) groups is 3. The molecular weight excluding hydrogens is 599 g/mol. The van der Waals surface area contributed by atoms with E-state index in [9.17, 15) is 19.5 Å². The van der Waals surface area contributed by atoms with E-state index >= 15 is 0 Å². The van der Waals surface area contributed by atoms with Crippen LogP contribution in [0.15, 0.2) is 71.5 Å². The first-order valence-electron chi connectivity index (χ1n) is 14.3. The summed E-state index contributed by atoms with van der Waals surface area (Å²) in [5.41, 5.74) is 4.13. The number of aromatic amines is 1. The molecule has 1 unspecified atom stereocenters.